The van der Waals surface area contributed by atoms with E-state index in [1.54, 1.807) is 0 Å². The number of aliphatic hydroxyl groups excluding tert-OH is 1. The van der Waals surface area contributed by atoms with Crippen molar-refractivity contribution in [2.45, 2.75) is 38.3 Å². The first-order valence-electron chi connectivity index (χ1n) is 5.00. The van der Waals surface area contributed by atoms with Crippen molar-refractivity contribution in [3.63, 3.8) is 0 Å². The Hall–Kier alpha value is -0.940. The molecule has 1 aromatic heterocycles. The van der Waals surface area contributed by atoms with Gasteiger partial charge in [-0.15, -0.1) is 0 Å². The van der Waals surface area contributed by atoms with E-state index in [4.69, 9.17) is 0 Å². The van der Waals surface area contributed by atoms with Crippen molar-refractivity contribution >= 4 is 0 Å². The van der Waals surface area contributed by atoms with E-state index in [0.717, 1.165) is 11.6 Å². The Kier molecular flexibility index (Phi) is 2.52. The summed E-state index contributed by atoms with van der Waals surface area (Å²) in [6.45, 7) is 4.76. The highest BCUT2D eigenvalue weighted by atomic mass is 16.3. The molecule has 0 aromatic carbocycles. The van der Waals surface area contributed by atoms with Gasteiger partial charge in [0.05, 0.1) is 12.1 Å². The summed E-state index contributed by atoms with van der Waals surface area (Å²) in [7, 11) is 0. The summed E-state index contributed by atoms with van der Waals surface area (Å²) in [6.07, 6.45) is 0.458. The average molecular weight is 196 g/mol. The van der Waals surface area contributed by atoms with Crippen LogP contribution in [0.3, 0.4) is 0 Å². The van der Waals surface area contributed by atoms with Crippen molar-refractivity contribution in [3.05, 3.63) is 11.6 Å². The van der Waals surface area contributed by atoms with Crippen molar-refractivity contribution in [2.24, 2.45) is 0 Å². The van der Waals surface area contributed by atoms with Crippen molar-refractivity contribution in [1.29, 1.82) is 0 Å². The normalized spacial score (nSPS) is 27.4. The van der Waals surface area contributed by atoms with E-state index in [-0.39, 0.29) is 12.1 Å². The molecule has 1 aliphatic rings. The fraction of sp³-hybridized carbons (Fsp3) is 0.778. The number of nitrogens with one attached hydrogen (secondary N) is 2. The van der Waals surface area contributed by atoms with Crippen LogP contribution in [0, 0.1) is 0 Å². The molecule has 5 nitrogen and oxygen atoms in total. The van der Waals surface area contributed by atoms with Gasteiger partial charge in [0.2, 0.25) is 0 Å². The van der Waals surface area contributed by atoms with Crippen LogP contribution in [0.25, 0.3) is 0 Å². The van der Waals surface area contributed by atoms with Gasteiger partial charge in [-0.05, 0) is 6.42 Å². The third kappa shape index (κ3) is 1.78. The van der Waals surface area contributed by atoms with Crippen LogP contribution in [0.1, 0.15) is 43.9 Å². The smallest absolute Gasteiger partial charge is 0.153 e. The van der Waals surface area contributed by atoms with Gasteiger partial charge < -0.3 is 10.4 Å². The van der Waals surface area contributed by atoms with E-state index < -0.39 is 0 Å². The van der Waals surface area contributed by atoms with Gasteiger partial charge in [-0.25, -0.2) is 4.98 Å². The van der Waals surface area contributed by atoms with Crippen molar-refractivity contribution in [3.8, 4) is 0 Å². The molecule has 14 heavy (non-hydrogen) atoms. The maximum Gasteiger partial charge on any atom is 0.153 e. The lowest BCUT2D eigenvalue weighted by Gasteiger charge is -2.04. The molecule has 5 heteroatoms. The Bertz CT molecular complexity index is 310. The van der Waals surface area contributed by atoms with E-state index in [2.05, 4.69) is 34.3 Å². The van der Waals surface area contributed by atoms with Crippen LogP contribution in [0.4, 0.5) is 0 Å². The van der Waals surface area contributed by atoms with Crippen LogP contribution in [0.2, 0.25) is 0 Å². The van der Waals surface area contributed by atoms with Gasteiger partial charge in [0, 0.05) is 12.5 Å². The highest BCUT2D eigenvalue weighted by Gasteiger charge is 2.26. The Morgan fingerprint density at radius 3 is 2.79 bits per heavy atom. The second kappa shape index (κ2) is 3.67. The SMILES string of the molecule is CC(C)c1n[nH]c([C@H]2C[C@@H](O)CN2)n1. The molecule has 0 aliphatic carbocycles. The van der Waals surface area contributed by atoms with Crippen molar-refractivity contribution in [2.75, 3.05) is 6.54 Å². The van der Waals surface area contributed by atoms with Gasteiger partial charge >= 0.3 is 0 Å². The number of H-pyrrole nitrogens is 1. The van der Waals surface area contributed by atoms with E-state index in [1.165, 1.54) is 0 Å². The maximum atomic E-state index is 9.35. The zero-order valence-corrected chi connectivity index (χ0v) is 8.49. The predicted octanol–water partition coefficient (Wildman–Crippen LogP) is 0.323. The van der Waals surface area contributed by atoms with E-state index >= 15 is 0 Å². The summed E-state index contributed by atoms with van der Waals surface area (Å²) in [5, 5.41) is 19.6. The van der Waals surface area contributed by atoms with Gasteiger partial charge in [0.1, 0.15) is 5.82 Å². The standard InChI is InChI=1S/C9H16N4O/c1-5(2)8-11-9(13-12-8)7-3-6(14)4-10-7/h5-7,10,14H,3-4H2,1-2H3,(H,11,12,13)/t6-,7-/m1/s1. The molecule has 1 fully saturated rings. The lowest BCUT2D eigenvalue weighted by Crippen LogP contribution is -2.15. The number of aromatic nitrogens is 3. The molecule has 1 aromatic rings. The van der Waals surface area contributed by atoms with Gasteiger partial charge in [-0.2, -0.15) is 5.10 Å². The van der Waals surface area contributed by atoms with Crippen molar-refractivity contribution in [1.82, 2.24) is 20.5 Å². The predicted molar refractivity (Wildman–Crippen MR) is 51.8 cm³/mol. The van der Waals surface area contributed by atoms with E-state index in [0.29, 0.717) is 18.9 Å². The van der Waals surface area contributed by atoms with Gasteiger partial charge in [-0.3, -0.25) is 5.10 Å². The molecule has 0 saturated carbocycles. The molecule has 78 valence electrons. The van der Waals surface area contributed by atoms with Crippen LogP contribution in [-0.4, -0.2) is 32.9 Å². The summed E-state index contributed by atoms with van der Waals surface area (Å²) >= 11 is 0. The number of β-amino-alcohol motifs (C(OH)–C–C–N with tert-alkyl or cyclic N) is 1. The number of hydrogen-bond acceptors (Lipinski definition) is 4. The third-order valence-electron chi connectivity index (χ3n) is 2.47. The number of aliphatic hydroxyl groups is 1. The van der Waals surface area contributed by atoms with E-state index in [1.807, 2.05) is 0 Å². The molecule has 1 aliphatic heterocycles. The first kappa shape index (κ1) is 9.61. The molecule has 0 unspecified atom stereocenters. The molecular formula is C9H16N4O. The summed E-state index contributed by atoms with van der Waals surface area (Å²) < 4.78 is 0. The Morgan fingerprint density at radius 2 is 2.29 bits per heavy atom. The highest BCUT2D eigenvalue weighted by Crippen LogP contribution is 2.21. The van der Waals surface area contributed by atoms with Gasteiger partial charge in [-0.1, -0.05) is 13.8 Å². The van der Waals surface area contributed by atoms with Crippen LogP contribution in [0.15, 0.2) is 0 Å². The summed E-state index contributed by atoms with van der Waals surface area (Å²) in [5.74, 6) is 2.01. The van der Waals surface area contributed by atoms with Crippen molar-refractivity contribution < 1.29 is 5.11 Å². The monoisotopic (exact) mass is 196 g/mol. The molecule has 2 heterocycles. The number of rotatable bonds is 2. The van der Waals surface area contributed by atoms with Crippen LogP contribution in [0.5, 0.6) is 0 Å². The van der Waals surface area contributed by atoms with Crippen LogP contribution >= 0.6 is 0 Å². The largest absolute Gasteiger partial charge is 0.392 e. The first-order valence-corrected chi connectivity index (χ1v) is 5.00. The molecule has 2 atom stereocenters. The minimum Gasteiger partial charge on any atom is -0.392 e. The first-order chi connectivity index (χ1) is 6.66. The zero-order chi connectivity index (χ0) is 10.1. The summed E-state index contributed by atoms with van der Waals surface area (Å²) in [5.41, 5.74) is 0. The second-order valence-corrected chi connectivity index (χ2v) is 4.08. The third-order valence-corrected chi connectivity index (χ3v) is 2.47. The lowest BCUT2D eigenvalue weighted by atomic mass is 10.2. The summed E-state index contributed by atoms with van der Waals surface area (Å²) in [4.78, 5) is 4.39. The molecular weight excluding hydrogens is 180 g/mol. The molecule has 0 spiro atoms. The number of aromatic amines is 1. The Labute approximate surface area is 82.9 Å². The maximum absolute atomic E-state index is 9.35. The molecule has 3 N–H and O–H groups in total. The minimum atomic E-state index is -0.257. The molecule has 1 saturated heterocycles. The second-order valence-electron chi connectivity index (χ2n) is 4.08. The fourth-order valence-corrected chi connectivity index (χ4v) is 1.63. The molecule has 0 amide bonds. The zero-order valence-electron chi connectivity index (χ0n) is 8.49. The fourth-order valence-electron chi connectivity index (χ4n) is 1.63. The number of hydrogen-bond donors (Lipinski definition) is 3. The van der Waals surface area contributed by atoms with Gasteiger partial charge in [0.25, 0.3) is 0 Å². The topological polar surface area (TPSA) is 73.8 Å². The quantitative estimate of drug-likeness (QED) is 0.637. The average Bonchev–Trinajstić information content (AvgIpc) is 2.70. The van der Waals surface area contributed by atoms with Gasteiger partial charge in [0.15, 0.2) is 5.82 Å². The Balaban J connectivity index is 2.09. The minimum absolute atomic E-state index is 0.130. The number of nitrogens with zero attached hydrogens (tertiary/aromatic N) is 2. The molecule has 0 bridgehead atoms. The lowest BCUT2D eigenvalue weighted by molar-refractivity contribution is 0.193. The van der Waals surface area contributed by atoms with Crippen LogP contribution in [-0.2, 0) is 0 Å². The summed E-state index contributed by atoms with van der Waals surface area (Å²) in [6, 6.07) is 0.130. The van der Waals surface area contributed by atoms with E-state index in [9.17, 15) is 5.11 Å². The molecule has 2 rings (SSSR count). The van der Waals surface area contributed by atoms with Crippen LogP contribution < -0.4 is 5.32 Å². The Morgan fingerprint density at radius 1 is 1.50 bits per heavy atom. The highest BCUT2D eigenvalue weighted by molar-refractivity contribution is 5.02. The molecule has 0 radical (unpaired) electrons.